The highest BCUT2D eigenvalue weighted by Gasteiger charge is 2.25. The van der Waals surface area contributed by atoms with Crippen molar-refractivity contribution in [2.45, 2.75) is 25.4 Å². The molecule has 2 N–H and O–H groups in total. The predicted molar refractivity (Wildman–Crippen MR) is 81.1 cm³/mol. The Kier molecular flexibility index (Phi) is 5.04. The van der Waals surface area contributed by atoms with E-state index >= 15 is 0 Å². The Morgan fingerprint density at radius 3 is 2.81 bits per heavy atom. The minimum Gasteiger partial charge on any atom is -0.472 e. The highest BCUT2D eigenvalue weighted by atomic mass is 35.5. The van der Waals surface area contributed by atoms with Gasteiger partial charge in [0.1, 0.15) is 5.60 Å². The van der Waals surface area contributed by atoms with Crippen LogP contribution in [0.15, 0.2) is 47.3 Å². The summed E-state index contributed by atoms with van der Waals surface area (Å²) < 4.78 is 4.95. The molecule has 4 nitrogen and oxygen atoms in total. The van der Waals surface area contributed by atoms with Crippen molar-refractivity contribution in [3.63, 3.8) is 0 Å². The van der Waals surface area contributed by atoms with Crippen molar-refractivity contribution in [3.05, 3.63) is 59.0 Å². The van der Waals surface area contributed by atoms with Crippen LogP contribution in [0.2, 0.25) is 5.02 Å². The molecule has 0 unspecified atom stereocenters. The van der Waals surface area contributed by atoms with Gasteiger partial charge in [-0.05, 0) is 31.0 Å². The molecular formula is C16H18ClNO3. The number of nitrogens with one attached hydrogen (secondary N) is 1. The number of rotatable bonds is 6. The number of hydrogen-bond acceptors (Lipinski definition) is 3. The number of amides is 1. The molecule has 2 rings (SSSR count). The Morgan fingerprint density at radius 1 is 1.38 bits per heavy atom. The summed E-state index contributed by atoms with van der Waals surface area (Å²) in [5.74, 6) is -0.122. The maximum atomic E-state index is 11.8. The highest BCUT2D eigenvalue weighted by molar-refractivity contribution is 6.31. The maximum absolute atomic E-state index is 11.8. The molecule has 1 heterocycles. The molecule has 1 aromatic carbocycles. The highest BCUT2D eigenvalue weighted by Crippen LogP contribution is 2.27. The zero-order chi connectivity index (χ0) is 15.3. The van der Waals surface area contributed by atoms with E-state index in [2.05, 4.69) is 5.32 Å². The van der Waals surface area contributed by atoms with Crippen LogP contribution in [-0.2, 0) is 16.8 Å². The molecule has 0 bridgehead atoms. The summed E-state index contributed by atoms with van der Waals surface area (Å²) in [6.07, 6.45) is 4.15. The van der Waals surface area contributed by atoms with Crippen LogP contribution in [0.25, 0.3) is 0 Å². The quantitative estimate of drug-likeness (QED) is 0.862. The molecule has 112 valence electrons. The fourth-order valence-electron chi connectivity index (χ4n) is 2.05. The molecule has 1 amide bonds. The molecule has 0 aliphatic rings. The van der Waals surface area contributed by atoms with Crippen molar-refractivity contribution in [1.29, 1.82) is 0 Å². The van der Waals surface area contributed by atoms with Crippen LogP contribution in [0.3, 0.4) is 0 Å². The largest absolute Gasteiger partial charge is 0.472 e. The summed E-state index contributed by atoms with van der Waals surface area (Å²) in [5.41, 5.74) is 0.369. The summed E-state index contributed by atoms with van der Waals surface area (Å²) >= 11 is 6.07. The van der Waals surface area contributed by atoms with Gasteiger partial charge in [0.25, 0.3) is 0 Å². The average Bonchev–Trinajstić information content (AvgIpc) is 2.96. The van der Waals surface area contributed by atoms with E-state index in [0.717, 1.165) is 5.56 Å². The maximum Gasteiger partial charge on any atom is 0.220 e. The lowest BCUT2D eigenvalue weighted by Crippen LogP contribution is -2.38. The molecule has 0 fully saturated rings. The molecule has 21 heavy (non-hydrogen) atoms. The Balaban J connectivity index is 1.86. The molecular weight excluding hydrogens is 290 g/mol. The minimum absolute atomic E-state index is 0.112. The minimum atomic E-state index is -1.20. The normalized spacial score (nSPS) is 13.7. The second-order valence-electron chi connectivity index (χ2n) is 5.16. The summed E-state index contributed by atoms with van der Waals surface area (Å²) in [4.78, 5) is 11.8. The van der Waals surface area contributed by atoms with Crippen molar-refractivity contribution in [2.24, 2.45) is 0 Å². The van der Waals surface area contributed by atoms with Crippen LogP contribution in [-0.4, -0.2) is 17.6 Å². The van der Waals surface area contributed by atoms with E-state index in [0.29, 0.717) is 23.4 Å². The topological polar surface area (TPSA) is 62.5 Å². The van der Waals surface area contributed by atoms with E-state index in [1.165, 1.54) is 0 Å². The van der Waals surface area contributed by atoms with Crippen LogP contribution >= 0.6 is 11.6 Å². The predicted octanol–water partition coefficient (Wildman–Crippen LogP) is 2.89. The van der Waals surface area contributed by atoms with Crippen molar-refractivity contribution in [2.75, 3.05) is 6.54 Å². The first-order valence-electron chi connectivity index (χ1n) is 6.74. The molecule has 0 aliphatic carbocycles. The van der Waals surface area contributed by atoms with Gasteiger partial charge in [-0.25, -0.2) is 0 Å². The summed E-state index contributed by atoms with van der Waals surface area (Å²) in [6.45, 7) is 1.74. The SMILES string of the molecule is C[C@@](O)(CNC(=O)CCc1ccoc1)c1ccccc1Cl. The first kappa shape index (κ1) is 15.6. The third-order valence-corrected chi connectivity index (χ3v) is 3.63. The van der Waals surface area contributed by atoms with Gasteiger partial charge >= 0.3 is 0 Å². The van der Waals surface area contributed by atoms with Gasteiger partial charge in [-0.3, -0.25) is 4.79 Å². The van der Waals surface area contributed by atoms with Gasteiger partial charge in [0, 0.05) is 17.0 Å². The first-order valence-corrected chi connectivity index (χ1v) is 7.12. The van der Waals surface area contributed by atoms with Crippen LogP contribution < -0.4 is 5.32 Å². The summed E-state index contributed by atoms with van der Waals surface area (Å²) in [7, 11) is 0. The average molecular weight is 308 g/mol. The van der Waals surface area contributed by atoms with Crippen LogP contribution in [0.1, 0.15) is 24.5 Å². The van der Waals surface area contributed by atoms with Gasteiger partial charge in [-0.1, -0.05) is 29.8 Å². The fraction of sp³-hybridized carbons (Fsp3) is 0.312. The van der Waals surface area contributed by atoms with Crippen LogP contribution in [0, 0.1) is 0 Å². The summed E-state index contributed by atoms with van der Waals surface area (Å²) in [6, 6.07) is 8.89. The number of hydrogen-bond donors (Lipinski definition) is 2. The lowest BCUT2D eigenvalue weighted by Gasteiger charge is -2.25. The number of halogens is 1. The third kappa shape index (κ3) is 4.34. The van der Waals surface area contributed by atoms with E-state index in [4.69, 9.17) is 16.0 Å². The lowest BCUT2D eigenvalue weighted by molar-refractivity contribution is -0.122. The van der Waals surface area contributed by atoms with E-state index in [9.17, 15) is 9.90 Å². The number of carbonyl (C=O) groups excluding carboxylic acids is 1. The molecule has 5 heteroatoms. The van der Waals surface area contributed by atoms with Crippen LogP contribution in [0.5, 0.6) is 0 Å². The van der Waals surface area contributed by atoms with Crippen molar-refractivity contribution in [1.82, 2.24) is 5.32 Å². The Labute approximate surface area is 128 Å². The van der Waals surface area contributed by atoms with Crippen LogP contribution in [0.4, 0.5) is 0 Å². The van der Waals surface area contributed by atoms with E-state index in [-0.39, 0.29) is 12.5 Å². The molecule has 0 radical (unpaired) electrons. The molecule has 0 saturated heterocycles. The van der Waals surface area contributed by atoms with Gasteiger partial charge in [-0.2, -0.15) is 0 Å². The Bertz CT molecular complexity index is 593. The van der Waals surface area contributed by atoms with E-state index in [1.54, 1.807) is 43.7 Å². The molecule has 0 saturated carbocycles. The number of benzene rings is 1. The second kappa shape index (κ2) is 6.78. The standard InChI is InChI=1S/C16H18ClNO3/c1-16(20,13-4-2-3-5-14(13)17)11-18-15(19)7-6-12-8-9-21-10-12/h2-5,8-10,20H,6-7,11H2,1H3,(H,18,19)/t16-/m1/s1. The Hall–Kier alpha value is -1.78. The van der Waals surface area contributed by atoms with Crippen molar-refractivity contribution < 1.29 is 14.3 Å². The summed E-state index contributed by atoms with van der Waals surface area (Å²) in [5, 5.41) is 13.7. The number of carbonyl (C=O) groups is 1. The van der Waals surface area contributed by atoms with Crippen molar-refractivity contribution in [3.8, 4) is 0 Å². The van der Waals surface area contributed by atoms with Gasteiger partial charge in [0.15, 0.2) is 0 Å². The fourth-order valence-corrected chi connectivity index (χ4v) is 2.38. The molecule has 0 aliphatic heterocycles. The van der Waals surface area contributed by atoms with E-state index < -0.39 is 5.60 Å². The van der Waals surface area contributed by atoms with Gasteiger partial charge in [0.05, 0.1) is 19.1 Å². The molecule has 1 atom stereocenters. The number of aliphatic hydroxyl groups is 1. The second-order valence-corrected chi connectivity index (χ2v) is 5.57. The monoisotopic (exact) mass is 307 g/mol. The van der Waals surface area contributed by atoms with Gasteiger partial charge in [-0.15, -0.1) is 0 Å². The third-order valence-electron chi connectivity index (χ3n) is 3.30. The molecule has 0 spiro atoms. The van der Waals surface area contributed by atoms with Crippen molar-refractivity contribution >= 4 is 17.5 Å². The molecule has 1 aromatic heterocycles. The first-order chi connectivity index (χ1) is 9.99. The van der Waals surface area contributed by atoms with Gasteiger partial charge < -0.3 is 14.8 Å². The smallest absolute Gasteiger partial charge is 0.220 e. The molecule has 2 aromatic rings. The number of aryl methyl sites for hydroxylation is 1. The number of furan rings is 1. The Morgan fingerprint density at radius 2 is 2.14 bits per heavy atom. The van der Waals surface area contributed by atoms with Gasteiger partial charge in [0.2, 0.25) is 5.91 Å². The van der Waals surface area contributed by atoms with E-state index in [1.807, 2.05) is 6.07 Å². The zero-order valence-corrected chi connectivity index (χ0v) is 12.6. The zero-order valence-electron chi connectivity index (χ0n) is 11.8. The lowest BCUT2D eigenvalue weighted by atomic mass is 9.96.